The smallest absolute Gasteiger partial charge is 0.228 e. The first-order chi connectivity index (χ1) is 14.0. The molecule has 1 amide bonds. The van der Waals surface area contributed by atoms with E-state index in [1.807, 2.05) is 19.1 Å². The zero-order valence-electron chi connectivity index (χ0n) is 16.4. The maximum atomic E-state index is 12.4. The van der Waals surface area contributed by atoms with Crippen molar-refractivity contribution in [2.75, 3.05) is 11.1 Å². The number of nitrogens with zero attached hydrogens (tertiary/aromatic N) is 4. The van der Waals surface area contributed by atoms with Crippen molar-refractivity contribution in [3.05, 3.63) is 41.9 Å². The lowest BCUT2D eigenvalue weighted by Gasteiger charge is -2.15. The highest BCUT2D eigenvalue weighted by Crippen LogP contribution is 2.42. The fourth-order valence-electron chi connectivity index (χ4n) is 3.78. The monoisotopic (exact) mass is 386 g/mol. The summed E-state index contributed by atoms with van der Waals surface area (Å²) in [4.78, 5) is 25.7. The maximum Gasteiger partial charge on any atom is 0.228 e. The molecule has 3 aromatic heterocycles. The Morgan fingerprint density at radius 1 is 1.38 bits per heavy atom. The van der Waals surface area contributed by atoms with Crippen molar-refractivity contribution in [2.45, 2.75) is 33.1 Å². The van der Waals surface area contributed by atoms with E-state index in [1.165, 1.54) is 0 Å². The van der Waals surface area contributed by atoms with Gasteiger partial charge in [-0.3, -0.25) is 9.78 Å². The van der Waals surface area contributed by atoms with Crippen LogP contribution >= 0.6 is 0 Å². The molecule has 0 radical (unpaired) electrons. The Labute approximate surface area is 169 Å². The Morgan fingerprint density at radius 3 is 2.93 bits per heavy atom. The number of carbonyl (C=O) groups excluding carboxylic acids is 1. The zero-order valence-corrected chi connectivity index (χ0v) is 16.4. The van der Waals surface area contributed by atoms with E-state index >= 15 is 0 Å². The zero-order chi connectivity index (χ0) is 20.5. The van der Waals surface area contributed by atoms with Crippen LogP contribution in [0.1, 0.15) is 30.9 Å². The molecule has 0 aromatic carbocycles. The minimum absolute atomic E-state index is 0.0829. The minimum atomic E-state index is -0.103. The van der Waals surface area contributed by atoms with E-state index in [-0.39, 0.29) is 17.7 Å². The van der Waals surface area contributed by atoms with Crippen molar-refractivity contribution in [2.24, 2.45) is 11.8 Å². The van der Waals surface area contributed by atoms with E-state index in [0.717, 1.165) is 46.0 Å². The standard InChI is InChI=1S/C22H22N6O/c1-3-14-16-9-19(27-22(29)15-8-13(15)4-6-23)26-11-18(16)21(24)28-20(14)17-10-25-7-5-12(17)2/h5,7,9-11,13,15H,3-4,8H2,1-2H3,(H2,24,28)(H,26,27,29)/t13-,15-/m0/s1. The number of nitrogens with two attached hydrogens (primary N) is 1. The Kier molecular flexibility index (Phi) is 4.85. The van der Waals surface area contributed by atoms with Crippen LogP contribution in [0.3, 0.4) is 0 Å². The molecule has 0 aliphatic heterocycles. The Hall–Kier alpha value is -3.53. The fraction of sp³-hybridized carbons (Fsp3) is 0.318. The van der Waals surface area contributed by atoms with Crippen LogP contribution in [0.15, 0.2) is 30.7 Å². The number of hydrogen-bond donors (Lipinski definition) is 2. The number of nitriles is 1. The summed E-state index contributed by atoms with van der Waals surface area (Å²) in [6, 6.07) is 5.94. The van der Waals surface area contributed by atoms with Crippen LogP contribution in [-0.2, 0) is 11.2 Å². The van der Waals surface area contributed by atoms with E-state index in [9.17, 15) is 4.79 Å². The molecule has 0 bridgehead atoms. The summed E-state index contributed by atoms with van der Waals surface area (Å²) in [7, 11) is 0. The third kappa shape index (κ3) is 3.49. The molecule has 3 heterocycles. The van der Waals surface area contributed by atoms with E-state index in [4.69, 9.17) is 11.0 Å². The lowest BCUT2D eigenvalue weighted by Crippen LogP contribution is -2.15. The maximum absolute atomic E-state index is 12.4. The van der Waals surface area contributed by atoms with Crippen molar-refractivity contribution in [1.29, 1.82) is 5.26 Å². The molecule has 0 saturated heterocycles. The van der Waals surface area contributed by atoms with Gasteiger partial charge in [-0.25, -0.2) is 9.97 Å². The number of amides is 1. The van der Waals surface area contributed by atoms with Gasteiger partial charge in [0.25, 0.3) is 0 Å². The average molecular weight is 386 g/mol. The number of carbonyl (C=O) groups is 1. The normalized spacial score (nSPS) is 17.7. The van der Waals surface area contributed by atoms with Gasteiger partial charge in [0.1, 0.15) is 11.6 Å². The number of aromatic nitrogens is 3. The van der Waals surface area contributed by atoms with Gasteiger partial charge >= 0.3 is 0 Å². The quantitative estimate of drug-likeness (QED) is 0.691. The van der Waals surface area contributed by atoms with Gasteiger partial charge in [0.15, 0.2) is 0 Å². The van der Waals surface area contributed by atoms with Crippen LogP contribution in [0.5, 0.6) is 0 Å². The molecule has 3 aromatic rings. The summed E-state index contributed by atoms with van der Waals surface area (Å²) < 4.78 is 0. The summed E-state index contributed by atoms with van der Waals surface area (Å²) >= 11 is 0. The molecule has 1 aliphatic rings. The van der Waals surface area contributed by atoms with Crippen molar-refractivity contribution in [1.82, 2.24) is 15.0 Å². The summed E-state index contributed by atoms with van der Waals surface area (Å²) in [5, 5.41) is 13.4. The third-order valence-electron chi connectivity index (χ3n) is 5.53. The molecule has 0 spiro atoms. The number of hydrogen-bond acceptors (Lipinski definition) is 6. The number of aryl methyl sites for hydroxylation is 2. The summed E-state index contributed by atoms with van der Waals surface area (Å²) in [6.45, 7) is 4.08. The van der Waals surface area contributed by atoms with Gasteiger partial charge in [-0.15, -0.1) is 0 Å². The van der Waals surface area contributed by atoms with Crippen LogP contribution in [0.4, 0.5) is 11.6 Å². The largest absolute Gasteiger partial charge is 0.383 e. The molecule has 3 N–H and O–H groups in total. The molecule has 1 aliphatic carbocycles. The highest BCUT2D eigenvalue weighted by atomic mass is 16.2. The van der Waals surface area contributed by atoms with Gasteiger partial charge in [0.05, 0.1) is 11.8 Å². The highest BCUT2D eigenvalue weighted by Gasteiger charge is 2.42. The molecule has 1 saturated carbocycles. The fourth-order valence-corrected chi connectivity index (χ4v) is 3.78. The summed E-state index contributed by atoms with van der Waals surface area (Å²) in [6.07, 6.45) is 7.13. The molecule has 0 unspecified atom stereocenters. The lowest BCUT2D eigenvalue weighted by atomic mass is 9.97. The Bertz CT molecular complexity index is 1150. The second kappa shape index (κ2) is 7.47. The van der Waals surface area contributed by atoms with E-state index in [1.54, 1.807) is 18.6 Å². The van der Waals surface area contributed by atoms with Crippen LogP contribution in [-0.4, -0.2) is 20.9 Å². The topological polar surface area (TPSA) is 118 Å². The van der Waals surface area contributed by atoms with Crippen molar-refractivity contribution >= 4 is 28.3 Å². The van der Waals surface area contributed by atoms with Crippen LogP contribution in [0.25, 0.3) is 22.0 Å². The van der Waals surface area contributed by atoms with Gasteiger partial charge in [-0.1, -0.05) is 6.92 Å². The first-order valence-electron chi connectivity index (χ1n) is 9.70. The van der Waals surface area contributed by atoms with Gasteiger partial charge in [0, 0.05) is 41.9 Å². The molecule has 146 valence electrons. The van der Waals surface area contributed by atoms with E-state index in [2.05, 4.69) is 33.3 Å². The minimum Gasteiger partial charge on any atom is -0.383 e. The molecule has 4 rings (SSSR count). The number of rotatable bonds is 5. The molecule has 7 nitrogen and oxygen atoms in total. The van der Waals surface area contributed by atoms with Gasteiger partial charge in [-0.2, -0.15) is 5.26 Å². The Balaban J connectivity index is 1.75. The van der Waals surface area contributed by atoms with Gasteiger partial charge < -0.3 is 11.1 Å². The van der Waals surface area contributed by atoms with Crippen molar-refractivity contribution in [3.63, 3.8) is 0 Å². The van der Waals surface area contributed by atoms with Crippen molar-refractivity contribution < 1.29 is 4.79 Å². The van der Waals surface area contributed by atoms with E-state index in [0.29, 0.717) is 18.1 Å². The summed E-state index contributed by atoms with van der Waals surface area (Å²) in [5.74, 6) is 0.859. The van der Waals surface area contributed by atoms with Crippen LogP contribution in [0, 0.1) is 30.1 Å². The average Bonchev–Trinajstić information content (AvgIpc) is 3.48. The van der Waals surface area contributed by atoms with Crippen LogP contribution < -0.4 is 11.1 Å². The molecule has 7 heteroatoms. The SMILES string of the molecule is CCc1c(-c2cnccc2C)nc(N)c2cnc(NC(=O)[C@H]3C[C@@H]3CC#N)cc12. The van der Waals surface area contributed by atoms with Gasteiger partial charge in [0.2, 0.25) is 5.91 Å². The number of nitrogen functional groups attached to an aromatic ring is 1. The van der Waals surface area contributed by atoms with Crippen LogP contribution in [0.2, 0.25) is 0 Å². The second-order valence-corrected chi connectivity index (χ2v) is 7.44. The first-order valence-corrected chi connectivity index (χ1v) is 9.70. The molecule has 1 fully saturated rings. The van der Waals surface area contributed by atoms with Gasteiger partial charge in [-0.05, 0) is 54.3 Å². The molecular weight excluding hydrogens is 364 g/mol. The molecule has 29 heavy (non-hydrogen) atoms. The third-order valence-corrected chi connectivity index (χ3v) is 5.53. The highest BCUT2D eigenvalue weighted by molar-refractivity contribution is 6.00. The predicted octanol–water partition coefficient (Wildman–Crippen LogP) is 3.63. The number of anilines is 2. The molecule has 2 atom stereocenters. The predicted molar refractivity (Wildman–Crippen MR) is 112 cm³/mol. The second-order valence-electron chi connectivity index (χ2n) is 7.44. The Morgan fingerprint density at radius 2 is 2.21 bits per heavy atom. The first kappa shape index (κ1) is 18.8. The molecular formula is C22H22N6O. The number of nitrogens with one attached hydrogen (secondary N) is 1. The van der Waals surface area contributed by atoms with E-state index < -0.39 is 0 Å². The number of pyridine rings is 3. The van der Waals surface area contributed by atoms with Crippen molar-refractivity contribution in [3.8, 4) is 17.3 Å². The number of fused-ring (bicyclic) bond motifs is 1. The summed E-state index contributed by atoms with van der Waals surface area (Å²) in [5.41, 5.74) is 10.1. The lowest BCUT2D eigenvalue weighted by molar-refractivity contribution is -0.117.